The number of rotatable bonds is 2. The Morgan fingerprint density at radius 3 is 2.12 bits per heavy atom. The first-order valence-corrected chi connectivity index (χ1v) is 8.60. The largest absolute Gasteiger partial charge is 0.238 e. The van der Waals surface area contributed by atoms with Crippen molar-refractivity contribution in [3.63, 3.8) is 0 Å². The van der Waals surface area contributed by atoms with E-state index in [0.717, 1.165) is 11.4 Å². The van der Waals surface area contributed by atoms with Gasteiger partial charge in [0.05, 0.1) is 20.2 Å². The van der Waals surface area contributed by atoms with Crippen molar-refractivity contribution in [1.29, 1.82) is 0 Å². The summed E-state index contributed by atoms with van der Waals surface area (Å²) in [5.41, 5.74) is 3.41. The Hall–Kier alpha value is -1.35. The topological polar surface area (TPSA) is 17.8 Å². The summed E-state index contributed by atoms with van der Waals surface area (Å²) in [7, 11) is -0.680. The number of hydrogen-bond donors (Lipinski definition) is 0. The standard InChI is InChI=1S/C13H18N2Si/c1-10-9-11(2)15(14-10)12-5-7-13(8-6-12)16(3)4/h5-9,16H,1-4H3. The molecule has 0 bridgehead atoms. The van der Waals surface area contributed by atoms with E-state index < -0.39 is 8.80 Å². The maximum absolute atomic E-state index is 4.48. The first-order chi connectivity index (χ1) is 7.58. The van der Waals surface area contributed by atoms with E-state index in [0.29, 0.717) is 0 Å². The molecule has 0 radical (unpaired) electrons. The Morgan fingerprint density at radius 1 is 1.06 bits per heavy atom. The molecule has 84 valence electrons. The Kier molecular flexibility index (Phi) is 2.96. The van der Waals surface area contributed by atoms with E-state index in [9.17, 15) is 0 Å². The lowest BCUT2D eigenvalue weighted by Crippen LogP contribution is -2.22. The fourth-order valence-corrected chi connectivity index (χ4v) is 2.85. The van der Waals surface area contributed by atoms with Gasteiger partial charge in [-0.05, 0) is 32.0 Å². The molecular weight excluding hydrogens is 212 g/mol. The molecule has 2 rings (SSSR count). The molecule has 0 N–H and O–H groups in total. The molecule has 2 aromatic rings. The number of nitrogens with zero attached hydrogens (tertiary/aromatic N) is 2. The fraction of sp³-hybridized carbons (Fsp3) is 0.308. The highest BCUT2D eigenvalue weighted by molar-refractivity contribution is 6.70. The second kappa shape index (κ2) is 4.26. The van der Waals surface area contributed by atoms with Crippen LogP contribution in [0.2, 0.25) is 13.1 Å². The van der Waals surface area contributed by atoms with Gasteiger partial charge in [-0.1, -0.05) is 30.4 Å². The zero-order chi connectivity index (χ0) is 11.7. The van der Waals surface area contributed by atoms with Gasteiger partial charge in [-0.3, -0.25) is 0 Å². The van der Waals surface area contributed by atoms with Crippen LogP contribution in [0.4, 0.5) is 0 Å². The second-order valence-electron chi connectivity index (χ2n) is 4.59. The molecule has 1 aromatic heterocycles. The first-order valence-electron chi connectivity index (χ1n) is 5.71. The molecule has 0 spiro atoms. The average Bonchev–Trinajstić information content (AvgIpc) is 2.58. The Labute approximate surface area is 98.5 Å². The summed E-state index contributed by atoms with van der Waals surface area (Å²) >= 11 is 0. The van der Waals surface area contributed by atoms with Crippen LogP contribution < -0.4 is 5.19 Å². The molecule has 0 unspecified atom stereocenters. The fourth-order valence-electron chi connectivity index (χ4n) is 1.89. The Bertz CT molecular complexity index is 483. The third kappa shape index (κ3) is 2.09. The van der Waals surface area contributed by atoms with E-state index in [1.165, 1.54) is 10.9 Å². The van der Waals surface area contributed by atoms with Crippen LogP contribution in [0, 0.1) is 13.8 Å². The van der Waals surface area contributed by atoms with Crippen LogP contribution >= 0.6 is 0 Å². The summed E-state index contributed by atoms with van der Waals surface area (Å²) in [4.78, 5) is 0. The lowest BCUT2D eigenvalue weighted by atomic mass is 10.3. The predicted molar refractivity (Wildman–Crippen MR) is 71.5 cm³/mol. The zero-order valence-electron chi connectivity index (χ0n) is 10.4. The van der Waals surface area contributed by atoms with Gasteiger partial charge in [0.1, 0.15) is 0 Å². The Morgan fingerprint density at radius 2 is 1.69 bits per heavy atom. The van der Waals surface area contributed by atoms with Crippen molar-refractivity contribution in [2.45, 2.75) is 26.9 Å². The predicted octanol–water partition coefficient (Wildman–Crippen LogP) is 2.18. The second-order valence-corrected chi connectivity index (χ2v) is 7.56. The van der Waals surface area contributed by atoms with Crippen molar-refractivity contribution < 1.29 is 0 Å². The van der Waals surface area contributed by atoms with Gasteiger partial charge in [-0.15, -0.1) is 0 Å². The average molecular weight is 230 g/mol. The molecule has 0 atom stereocenters. The normalized spacial score (nSPS) is 11.1. The molecule has 2 nitrogen and oxygen atoms in total. The van der Waals surface area contributed by atoms with Crippen LogP contribution in [0.3, 0.4) is 0 Å². The molecule has 0 amide bonds. The van der Waals surface area contributed by atoms with Gasteiger partial charge in [-0.2, -0.15) is 5.10 Å². The summed E-state index contributed by atoms with van der Waals surface area (Å²) in [6, 6.07) is 10.9. The maximum Gasteiger partial charge on any atom is 0.0648 e. The van der Waals surface area contributed by atoms with Crippen molar-refractivity contribution in [1.82, 2.24) is 9.78 Å². The molecule has 3 heteroatoms. The Balaban J connectivity index is 2.38. The van der Waals surface area contributed by atoms with E-state index in [-0.39, 0.29) is 0 Å². The van der Waals surface area contributed by atoms with Gasteiger partial charge >= 0.3 is 0 Å². The van der Waals surface area contributed by atoms with Gasteiger partial charge in [-0.25, -0.2) is 4.68 Å². The molecule has 16 heavy (non-hydrogen) atoms. The molecular formula is C13H18N2Si. The van der Waals surface area contributed by atoms with E-state index >= 15 is 0 Å². The summed E-state index contributed by atoms with van der Waals surface area (Å²) < 4.78 is 2.00. The van der Waals surface area contributed by atoms with E-state index in [1.807, 2.05) is 11.6 Å². The van der Waals surface area contributed by atoms with Crippen LogP contribution in [0.25, 0.3) is 5.69 Å². The summed E-state index contributed by atoms with van der Waals surface area (Å²) in [5, 5.41) is 5.99. The highest BCUT2D eigenvalue weighted by Crippen LogP contribution is 2.10. The van der Waals surface area contributed by atoms with Crippen molar-refractivity contribution in [3.05, 3.63) is 41.7 Å². The summed E-state index contributed by atoms with van der Waals surface area (Å²) in [6.07, 6.45) is 0. The molecule has 0 saturated heterocycles. The lowest BCUT2D eigenvalue weighted by molar-refractivity contribution is 0.834. The minimum atomic E-state index is -0.680. The van der Waals surface area contributed by atoms with Gasteiger partial charge < -0.3 is 0 Å². The van der Waals surface area contributed by atoms with Crippen LogP contribution in [-0.4, -0.2) is 18.6 Å². The molecule has 0 fully saturated rings. The highest BCUT2D eigenvalue weighted by atomic mass is 28.3. The third-order valence-corrected chi connectivity index (χ3v) is 4.53. The van der Waals surface area contributed by atoms with Crippen molar-refractivity contribution in [2.75, 3.05) is 0 Å². The first kappa shape index (κ1) is 11.1. The van der Waals surface area contributed by atoms with Gasteiger partial charge in [0, 0.05) is 5.69 Å². The van der Waals surface area contributed by atoms with Crippen molar-refractivity contribution in [3.8, 4) is 5.69 Å². The zero-order valence-corrected chi connectivity index (χ0v) is 11.5. The summed E-state index contributed by atoms with van der Waals surface area (Å²) in [5.74, 6) is 0. The van der Waals surface area contributed by atoms with Gasteiger partial charge in [0.15, 0.2) is 0 Å². The molecule has 1 aromatic carbocycles. The van der Waals surface area contributed by atoms with Gasteiger partial charge in [0.2, 0.25) is 0 Å². The number of aryl methyl sites for hydroxylation is 2. The number of aromatic nitrogens is 2. The molecule has 0 saturated carbocycles. The monoisotopic (exact) mass is 230 g/mol. The number of benzene rings is 1. The lowest BCUT2D eigenvalue weighted by Gasteiger charge is -2.07. The summed E-state index contributed by atoms with van der Waals surface area (Å²) in [6.45, 7) is 8.81. The van der Waals surface area contributed by atoms with E-state index in [1.54, 1.807) is 0 Å². The molecule has 0 aliphatic carbocycles. The van der Waals surface area contributed by atoms with Crippen LogP contribution in [0.15, 0.2) is 30.3 Å². The quantitative estimate of drug-likeness (QED) is 0.723. The van der Waals surface area contributed by atoms with Crippen LogP contribution in [0.1, 0.15) is 11.4 Å². The molecule has 0 aliphatic heterocycles. The van der Waals surface area contributed by atoms with Crippen molar-refractivity contribution in [2.24, 2.45) is 0 Å². The molecule has 1 heterocycles. The van der Waals surface area contributed by atoms with Crippen LogP contribution in [0.5, 0.6) is 0 Å². The molecule has 0 aliphatic rings. The van der Waals surface area contributed by atoms with Crippen molar-refractivity contribution >= 4 is 14.0 Å². The maximum atomic E-state index is 4.48. The minimum absolute atomic E-state index is 0.680. The van der Waals surface area contributed by atoms with E-state index in [4.69, 9.17) is 0 Å². The minimum Gasteiger partial charge on any atom is -0.238 e. The van der Waals surface area contributed by atoms with Crippen LogP contribution in [-0.2, 0) is 0 Å². The SMILES string of the molecule is Cc1cc(C)n(-c2ccc([SiH](C)C)cc2)n1. The highest BCUT2D eigenvalue weighted by Gasteiger charge is 2.04. The third-order valence-electron chi connectivity index (χ3n) is 2.81. The smallest absolute Gasteiger partial charge is 0.0648 e. The van der Waals surface area contributed by atoms with Gasteiger partial charge in [0.25, 0.3) is 0 Å². The number of hydrogen-bond acceptors (Lipinski definition) is 1. The van der Waals surface area contributed by atoms with E-state index in [2.05, 4.69) is 55.4 Å².